The molecule has 2 rings (SSSR count). The number of hydrazone groups is 1. The van der Waals surface area contributed by atoms with Crippen LogP contribution in [0.4, 0.5) is 5.69 Å². The van der Waals surface area contributed by atoms with Crippen molar-refractivity contribution in [3.05, 3.63) is 64.2 Å². The van der Waals surface area contributed by atoms with Gasteiger partial charge in [-0.2, -0.15) is 5.10 Å². The van der Waals surface area contributed by atoms with E-state index in [0.29, 0.717) is 23.7 Å². The maximum Gasteiger partial charge on any atom is 0.278 e. The number of nitrogens with one attached hydrogen (secondary N) is 1. The van der Waals surface area contributed by atoms with E-state index in [1.807, 2.05) is 6.92 Å². The van der Waals surface area contributed by atoms with Crippen molar-refractivity contribution in [3.63, 3.8) is 0 Å². The highest BCUT2D eigenvalue weighted by atomic mass is 16.6. The van der Waals surface area contributed by atoms with Crippen molar-refractivity contribution < 1.29 is 19.2 Å². The average molecular weight is 343 g/mol. The van der Waals surface area contributed by atoms with Gasteiger partial charge in [-0.25, -0.2) is 5.43 Å². The van der Waals surface area contributed by atoms with Gasteiger partial charge < -0.3 is 9.47 Å². The second-order valence-electron chi connectivity index (χ2n) is 4.80. The van der Waals surface area contributed by atoms with E-state index in [1.165, 1.54) is 18.3 Å². The minimum atomic E-state index is -0.516. The molecule has 0 fully saturated rings. The van der Waals surface area contributed by atoms with E-state index in [2.05, 4.69) is 10.5 Å². The normalized spacial score (nSPS) is 10.4. The molecule has 1 N–H and O–H groups in total. The molecule has 0 radical (unpaired) electrons. The fourth-order valence-electron chi connectivity index (χ4n) is 1.92. The van der Waals surface area contributed by atoms with Crippen LogP contribution in [0.3, 0.4) is 0 Å². The Morgan fingerprint density at radius 1 is 1.16 bits per heavy atom. The van der Waals surface area contributed by atoms with Crippen LogP contribution in [-0.4, -0.2) is 30.3 Å². The summed E-state index contributed by atoms with van der Waals surface area (Å²) in [6, 6.07) is 12.9. The molecule has 8 heteroatoms. The Bertz CT molecular complexity index is 759. The van der Waals surface area contributed by atoms with Gasteiger partial charge in [0, 0.05) is 6.07 Å². The van der Waals surface area contributed by atoms with Crippen LogP contribution in [0.5, 0.6) is 11.5 Å². The molecule has 0 atom stereocenters. The topological polar surface area (TPSA) is 103 Å². The molecule has 0 saturated heterocycles. The third-order valence-electron chi connectivity index (χ3n) is 3.03. The number of rotatable bonds is 8. The number of hydrogen-bond donors (Lipinski definition) is 1. The van der Waals surface area contributed by atoms with E-state index in [0.717, 1.165) is 0 Å². The quantitative estimate of drug-likeness (QED) is 0.451. The summed E-state index contributed by atoms with van der Waals surface area (Å²) < 4.78 is 10.6. The lowest BCUT2D eigenvalue weighted by Crippen LogP contribution is -2.24. The maximum absolute atomic E-state index is 11.7. The van der Waals surface area contributed by atoms with E-state index >= 15 is 0 Å². The lowest BCUT2D eigenvalue weighted by atomic mass is 10.2. The number of hydrogen-bond acceptors (Lipinski definition) is 6. The van der Waals surface area contributed by atoms with E-state index < -0.39 is 10.8 Å². The summed E-state index contributed by atoms with van der Waals surface area (Å²) in [4.78, 5) is 22.0. The first-order valence-electron chi connectivity index (χ1n) is 7.51. The van der Waals surface area contributed by atoms with E-state index in [-0.39, 0.29) is 12.3 Å². The zero-order chi connectivity index (χ0) is 18.1. The second kappa shape index (κ2) is 9.02. The monoisotopic (exact) mass is 343 g/mol. The molecule has 130 valence electrons. The first-order valence-corrected chi connectivity index (χ1v) is 7.51. The van der Waals surface area contributed by atoms with Crippen molar-refractivity contribution in [1.29, 1.82) is 0 Å². The second-order valence-corrected chi connectivity index (χ2v) is 4.80. The number of nitro benzene ring substituents is 1. The van der Waals surface area contributed by atoms with Crippen LogP contribution in [0.1, 0.15) is 12.5 Å². The third kappa shape index (κ3) is 5.61. The summed E-state index contributed by atoms with van der Waals surface area (Å²) in [5.41, 5.74) is 2.46. The lowest BCUT2D eigenvalue weighted by Gasteiger charge is -2.06. The molecule has 0 bridgehead atoms. The SMILES string of the molecule is CCOc1ccc(OCC(=O)N/N=C/c2ccccc2[N+](=O)[O-])cc1. The van der Waals surface area contributed by atoms with E-state index in [4.69, 9.17) is 9.47 Å². The number of amides is 1. The van der Waals surface area contributed by atoms with Crippen LogP contribution in [-0.2, 0) is 4.79 Å². The molecule has 0 unspecified atom stereocenters. The molecule has 0 aromatic heterocycles. The first kappa shape index (κ1) is 17.9. The van der Waals surface area contributed by atoms with Crippen molar-refractivity contribution in [3.8, 4) is 11.5 Å². The van der Waals surface area contributed by atoms with Crippen molar-refractivity contribution in [1.82, 2.24) is 5.43 Å². The van der Waals surface area contributed by atoms with E-state index in [9.17, 15) is 14.9 Å². The van der Waals surface area contributed by atoms with Gasteiger partial charge in [0.15, 0.2) is 6.61 Å². The molecule has 0 aliphatic carbocycles. The van der Waals surface area contributed by atoms with Gasteiger partial charge in [0.25, 0.3) is 11.6 Å². The largest absolute Gasteiger partial charge is 0.494 e. The fraction of sp³-hybridized carbons (Fsp3) is 0.176. The highest BCUT2D eigenvalue weighted by molar-refractivity contribution is 5.86. The molecule has 0 aliphatic heterocycles. The van der Waals surface area contributed by atoms with Gasteiger partial charge in [0.2, 0.25) is 0 Å². The highest BCUT2D eigenvalue weighted by Gasteiger charge is 2.10. The summed E-state index contributed by atoms with van der Waals surface area (Å²) in [5.74, 6) is 0.748. The molecule has 2 aromatic rings. The van der Waals surface area contributed by atoms with Crippen LogP contribution >= 0.6 is 0 Å². The van der Waals surface area contributed by atoms with Crippen LogP contribution in [0.25, 0.3) is 0 Å². The molecule has 1 amide bonds. The van der Waals surface area contributed by atoms with Crippen molar-refractivity contribution in [2.45, 2.75) is 6.92 Å². The fourth-order valence-corrected chi connectivity index (χ4v) is 1.92. The molecule has 2 aromatic carbocycles. The van der Waals surface area contributed by atoms with Crippen LogP contribution in [0.15, 0.2) is 53.6 Å². The summed E-state index contributed by atoms with van der Waals surface area (Å²) in [7, 11) is 0. The number of para-hydroxylation sites is 1. The number of carbonyl (C=O) groups excluding carboxylic acids is 1. The Morgan fingerprint density at radius 2 is 1.80 bits per heavy atom. The molecule has 0 aliphatic rings. The van der Waals surface area contributed by atoms with Crippen LogP contribution in [0, 0.1) is 10.1 Å². The lowest BCUT2D eigenvalue weighted by molar-refractivity contribution is -0.385. The number of nitro groups is 1. The zero-order valence-corrected chi connectivity index (χ0v) is 13.5. The molecule has 0 saturated carbocycles. The standard InChI is InChI=1S/C17H17N3O5/c1-2-24-14-7-9-15(10-8-14)25-12-17(21)19-18-11-13-5-3-4-6-16(13)20(22)23/h3-11H,2,12H2,1H3,(H,19,21)/b18-11+. The molecule has 25 heavy (non-hydrogen) atoms. The molecule has 0 heterocycles. The predicted molar refractivity (Wildman–Crippen MR) is 91.9 cm³/mol. The average Bonchev–Trinajstić information content (AvgIpc) is 2.61. The number of ether oxygens (including phenoxy) is 2. The molecular weight excluding hydrogens is 326 g/mol. The van der Waals surface area contributed by atoms with Gasteiger partial charge in [0.1, 0.15) is 11.5 Å². The Hall–Kier alpha value is -3.42. The maximum atomic E-state index is 11.7. The Kier molecular flexibility index (Phi) is 6.47. The zero-order valence-electron chi connectivity index (χ0n) is 13.5. The summed E-state index contributed by atoms with van der Waals surface area (Å²) in [5, 5.41) is 14.6. The highest BCUT2D eigenvalue weighted by Crippen LogP contribution is 2.17. The molecular formula is C17H17N3O5. The Labute approximate surface area is 144 Å². The van der Waals surface area contributed by atoms with Gasteiger partial charge >= 0.3 is 0 Å². The molecule has 8 nitrogen and oxygen atoms in total. The predicted octanol–water partition coefficient (Wildman–Crippen LogP) is 2.52. The number of nitrogens with zero attached hydrogens (tertiary/aromatic N) is 2. The van der Waals surface area contributed by atoms with Gasteiger partial charge in [-0.15, -0.1) is 0 Å². The minimum absolute atomic E-state index is 0.0915. The number of benzene rings is 2. The third-order valence-corrected chi connectivity index (χ3v) is 3.03. The Morgan fingerprint density at radius 3 is 2.44 bits per heavy atom. The van der Waals surface area contributed by atoms with Crippen molar-refractivity contribution in [2.24, 2.45) is 5.10 Å². The van der Waals surface area contributed by atoms with Crippen molar-refractivity contribution in [2.75, 3.05) is 13.2 Å². The summed E-state index contributed by atoms with van der Waals surface area (Å²) in [6.45, 7) is 2.22. The minimum Gasteiger partial charge on any atom is -0.494 e. The van der Waals surface area contributed by atoms with Crippen molar-refractivity contribution >= 4 is 17.8 Å². The van der Waals surface area contributed by atoms with Crippen LogP contribution < -0.4 is 14.9 Å². The van der Waals surface area contributed by atoms with Gasteiger partial charge in [-0.1, -0.05) is 12.1 Å². The number of carbonyl (C=O) groups is 1. The smallest absolute Gasteiger partial charge is 0.278 e. The Balaban J connectivity index is 1.83. The van der Waals surface area contributed by atoms with Gasteiger partial charge in [-0.3, -0.25) is 14.9 Å². The van der Waals surface area contributed by atoms with Gasteiger partial charge in [0.05, 0.1) is 23.3 Å². The summed E-state index contributed by atoms with van der Waals surface area (Å²) >= 11 is 0. The van der Waals surface area contributed by atoms with Gasteiger partial charge in [-0.05, 0) is 37.3 Å². The molecule has 0 spiro atoms. The first-order chi connectivity index (χ1) is 12.1. The van der Waals surface area contributed by atoms with Crippen LogP contribution in [0.2, 0.25) is 0 Å². The van der Waals surface area contributed by atoms with E-state index in [1.54, 1.807) is 36.4 Å². The summed E-state index contributed by atoms with van der Waals surface area (Å²) in [6.07, 6.45) is 1.22.